The Balaban J connectivity index is 1.91. The first-order chi connectivity index (χ1) is 9.72. The zero-order valence-corrected chi connectivity index (χ0v) is 11.5. The Morgan fingerprint density at radius 1 is 0.550 bits per heavy atom. The Hall–Kier alpha value is -2.55. The molecule has 0 saturated carbocycles. The molecule has 2 aromatic heterocycles. The summed E-state index contributed by atoms with van der Waals surface area (Å²) in [6.45, 7) is 3.92. The van der Waals surface area contributed by atoms with Crippen molar-refractivity contribution in [3.63, 3.8) is 0 Å². The van der Waals surface area contributed by atoms with Crippen LogP contribution in [0.3, 0.4) is 0 Å². The van der Waals surface area contributed by atoms with Gasteiger partial charge in [0.25, 0.3) is 0 Å². The zero-order chi connectivity index (χ0) is 13.9. The third-order valence-corrected chi connectivity index (χ3v) is 3.21. The summed E-state index contributed by atoms with van der Waals surface area (Å²) in [6.07, 6.45) is 5.49. The highest BCUT2D eigenvalue weighted by molar-refractivity contribution is 5.67. The van der Waals surface area contributed by atoms with Gasteiger partial charge < -0.3 is 0 Å². The molecule has 0 unspecified atom stereocenters. The van der Waals surface area contributed by atoms with Gasteiger partial charge in [0.2, 0.25) is 0 Å². The van der Waals surface area contributed by atoms with E-state index in [1.807, 2.05) is 26.1 Å². The van der Waals surface area contributed by atoms with Gasteiger partial charge in [-0.3, -0.25) is 15.0 Å². The average Bonchev–Trinajstić information content (AvgIpc) is 2.49. The Morgan fingerprint density at radius 2 is 1.20 bits per heavy atom. The largest absolute Gasteiger partial charge is 0.261 e. The minimum absolute atomic E-state index is 0.893. The first-order valence-corrected chi connectivity index (χ1v) is 6.54. The molecule has 0 radical (unpaired) electrons. The molecule has 3 nitrogen and oxygen atoms in total. The number of pyridine rings is 1. The Labute approximate surface area is 118 Å². The van der Waals surface area contributed by atoms with E-state index in [-0.39, 0.29) is 0 Å². The number of hydrogen-bond acceptors (Lipinski definition) is 3. The van der Waals surface area contributed by atoms with E-state index in [0.717, 1.165) is 33.8 Å². The number of rotatable bonds is 2. The van der Waals surface area contributed by atoms with Gasteiger partial charge in [0.15, 0.2) is 0 Å². The molecule has 2 heterocycles. The van der Waals surface area contributed by atoms with Crippen LogP contribution >= 0.6 is 0 Å². The van der Waals surface area contributed by atoms with Crippen LogP contribution in [-0.4, -0.2) is 15.0 Å². The summed E-state index contributed by atoms with van der Waals surface area (Å²) in [5.74, 6) is 0. The van der Waals surface area contributed by atoms with E-state index in [2.05, 4.69) is 45.3 Å². The summed E-state index contributed by atoms with van der Waals surface area (Å²) in [5, 5.41) is 0. The molecule has 3 aromatic rings. The summed E-state index contributed by atoms with van der Waals surface area (Å²) in [7, 11) is 0. The van der Waals surface area contributed by atoms with Crippen molar-refractivity contribution < 1.29 is 0 Å². The van der Waals surface area contributed by atoms with E-state index >= 15 is 0 Å². The van der Waals surface area contributed by atoms with Gasteiger partial charge in [0, 0.05) is 29.2 Å². The molecule has 1 aromatic carbocycles. The molecule has 0 amide bonds. The lowest BCUT2D eigenvalue weighted by atomic mass is 10.0. The lowest BCUT2D eigenvalue weighted by Gasteiger charge is -2.04. The van der Waals surface area contributed by atoms with Crippen LogP contribution in [-0.2, 0) is 0 Å². The number of nitrogens with zero attached hydrogens (tertiary/aromatic N) is 3. The number of aryl methyl sites for hydroxylation is 2. The Morgan fingerprint density at radius 3 is 1.80 bits per heavy atom. The maximum atomic E-state index is 4.39. The molecule has 0 N–H and O–H groups in total. The van der Waals surface area contributed by atoms with Gasteiger partial charge in [0.1, 0.15) is 0 Å². The molecular weight excluding hydrogens is 246 g/mol. The third kappa shape index (κ3) is 2.57. The van der Waals surface area contributed by atoms with Crippen LogP contribution < -0.4 is 0 Å². The molecule has 0 bridgehead atoms. The van der Waals surface area contributed by atoms with Crippen molar-refractivity contribution >= 4 is 0 Å². The van der Waals surface area contributed by atoms with Crippen LogP contribution in [0.5, 0.6) is 0 Å². The summed E-state index contributed by atoms with van der Waals surface area (Å²) >= 11 is 0. The molecule has 98 valence electrons. The molecule has 0 aliphatic rings. The quantitative estimate of drug-likeness (QED) is 0.704. The van der Waals surface area contributed by atoms with Gasteiger partial charge in [-0.2, -0.15) is 0 Å². The predicted octanol–water partition coefficient (Wildman–Crippen LogP) is 3.82. The first-order valence-electron chi connectivity index (χ1n) is 6.54. The van der Waals surface area contributed by atoms with Gasteiger partial charge in [0.05, 0.1) is 17.6 Å². The molecule has 0 fully saturated rings. The second-order valence-corrected chi connectivity index (χ2v) is 4.81. The maximum Gasteiger partial charge on any atom is 0.0885 e. The summed E-state index contributed by atoms with van der Waals surface area (Å²) in [4.78, 5) is 13.0. The smallest absolute Gasteiger partial charge is 0.0885 e. The van der Waals surface area contributed by atoms with Crippen LogP contribution in [0.15, 0.2) is 55.0 Å². The maximum absolute atomic E-state index is 4.39. The first kappa shape index (κ1) is 12.5. The van der Waals surface area contributed by atoms with E-state index in [1.165, 1.54) is 0 Å². The van der Waals surface area contributed by atoms with Gasteiger partial charge in [-0.15, -0.1) is 0 Å². The van der Waals surface area contributed by atoms with Crippen molar-refractivity contribution in [3.05, 3.63) is 66.4 Å². The molecule has 0 spiro atoms. The van der Waals surface area contributed by atoms with Crippen molar-refractivity contribution in [3.8, 4) is 22.4 Å². The second-order valence-electron chi connectivity index (χ2n) is 4.81. The van der Waals surface area contributed by atoms with Crippen LogP contribution in [0.25, 0.3) is 22.4 Å². The number of benzene rings is 1. The van der Waals surface area contributed by atoms with Crippen LogP contribution in [0.2, 0.25) is 0 Å². The molecule has 0 aliphatic carbocycles. The van der Waals surface area contributed by atoms with E-state index < -0.39 is 0 Å². The van der Waals surface area contributed by atoms with E-state index in [1.54, 1.807) is 12.4 Å². The monoisotopic (exact) mass is 261 g/mol. The van der Waals surface area contributed by atoms with E-state index in [4.69, 9.17) is 0 Å². The normalized spacial score (nSPS) is 10.5. The summed E-state index contributed by atoms with van der Waals surface area (Å²) < 4.78 is 0. The number of hydrogen-bond donors (Lipinski definition) is 0. The molecule has 3 rings (SSSR count). The molecule has 20 heavy (non-hydrogen) atoms. The van der Waals surface area contributed by atoms with Crippen molar-refractivity contribution in [1.29, 1.82) is 0 Å². The topological polar surface area (TPSA) is 38.7 Å². The summed E-state index contributed by atoms with van der Waals surface area (Å²) in [5.41, 5.74) is 6.19. The standard InChI is InChI=1S/C17H15N3/c1-12-3-4-16(10-18-12)14-5-7-15(8-6-14)17-11-19-13(2)9-20-17/h3-11H,1-2H3. The lowest BCUT2D eigenvalue weighted by Crippen LogP contribution is -1.88. The Kier molecular flexibility index (Phi) is 3.25. The van der Waals surface area contributed by atoms with Crippen molar-refractivity contribution in [1.82, 2.24) is 15.0 Å². The second kappa shape index (κ2) is 5.21. The predicted molar refractivity (Wildman–Crippen MR) is 80.2 cm³/mol. The molecule has 0 aliphatic heterocycles. The summed E-state index contributed by atoms with van der Waals surface area (Å²) in [6, 6.07) is 12.4. The van der Waals surface area contributed by atoms with Crippen LogP contribution in [0, 0.1) is 13.8 Å². The van der Waals surface area contributed by atoms with Gasteiger partial charge in [-0.1, -0.05) is 30.3 Å². The minimum Gasteiger partial charge on any atom is -0.261 e. The highest BCUT2D eigenvalue weighted by Crippen LogP contribution is 2.23. The highest BCUT2D eigenvalue weighted by Gasteiger charge is 2.02. The zero-order valence-electron chi connectivity index (χ0n) is 11.5. The average molecular weight is 261 g/mol. The molecule has 0 atom stereocenters. The van der Waals surface area contributed by atoms with E-state index in [0.29, 0.717) is 0 Å². The van der Waals surface area contributed by atoms with Crippen molar-refractivity contribution in [2.45, 2.75) is 13.8 Å². The van der Waals surface area contributed by atoms with Gasteiger partial charge >= 0.3 is 0 Å². The molecular formula is C17H15N3. The lowest BCUT2D eigenvalue weighted by molar-refractivity contribution is 1.12. The van der Waals surface area contributed by atoms with Crippen molar-refractivity contribution in [2.24, 2.45) is 0 Å². The highest BCUT2D eigenvalue weighted by atomic mass is 14.8. The fourth-order valence-electron chi connectivity index (χ4n) is 2.01. The Bertz CT molecular complexity index is 634. The molecule has 3 heteroatoms. The van der Waals surface area contributed by atoms with Gasteiger partial charge in [-0.05, 0) is 25.5 Å². The minimum atomic E-state index is 0.893. The van der Waals surface area contributed by atoms with E-state index in [9.17, 15) is 0 Å². The van der Waals surface area contributed by atoms with Crippen LogP contribution in [0.4, 0.5) is 0 Å². The van der Waals surface area contributed by atoms with Crippen molar-refractivity contribution in [2.75, 3.05) is 0 Å². The van der Waals surface area contributed by atoms with Crippen LogP contribution in [0.1, 0.15) is 11.4 Å². The fraction of sp³-hybridized carbons (Fsp3) is 0.118. The molecule has 0 saturated heterocycles. The fourth-order valence-corrected chi connectivity index (χ4v) is 2.01. The number of aromatic nitrogens is 3. The van der Waals surface area contributed by atoms with Gasteiger partial charge in [-0.25, -0.2) is 0 Å². The SMILES string of the molecule is Cc1ccc(-c2ccc(-c3cnc(C)cn3)cc2)cn1. The third-order valence-electron chi connectivity index (χ3n) is 3.21.